The van der Waals surface area contributed by atoms with Crippen LogP contribution in [-0.2, 0) is 11.2 Å². The van der Waals surface area contributed by atoms with E-state index in [4.69, 9.17) is 9.47 Å². The summed E-state index contributed by atoms with van der Waals surface area (Å²) in [6.07, 6.45) is 0.604. The lowest BCUT2D eigenvalue weighted by Gasteiger charge is -2.15. The number of methoxy groups -OCH3 is 1. The van der Waals surface area contributed by atoms with Crippen LogP contribution in [0, 0.1) is 6.92 Å². The molecule has 2 aromatic rings. The minimum absolute atomic E-state index is 0.0382. The van der Waals surface area contributed by atoms with Gasteiger partial charge in [-0.2, -0.15) is 0 Å². The van der Waals surface area contributed by atoms with Crippen LogP contribution in [0.4, 0.5) is 5.69 Å². The summed E-state index contributed by atoms with van der Waals surface area (Å²) < 4.78 is 11.9. The van der Waals surface area contributed by atoms with Gasteiger partial charge in [0.25, 0.3) is 0 Å². The number of carbonyl (C=O) groups is 1. The van der Waals surface area contributed by atoms with Crippen molar-refractivity contribution in [1.82, 2.24) is 0 Å². The van der Waals surface area contributed by atoms with Crippen LogP contribution in [0.3, 0.4) is 0 Å². The molecule has 1 atom stereocenters. The molecule has 0 saturated heterocycles. The molecule has 1 amide bonds. The van der Waals surface area contributed by atoms with Crippen molar-refractivity contribution in [2.24, 2.45) is 0 Å². The Morgan fingerprint density at radius 1 is 1.21 bits per heavy atom. The van der Waals surface area contributed by atoms with E-state index in [2.05, 4.69) is 27.3 Å². The van der Waals surface area contributed by atoms with Gasteiger partial charge in [0.05, 0.1) is 19.6 Å². The molecule has 0 fully saturated rings. The highest BCUT2D eigenvalue weighted by Gasteiger charge is 2.31. The van der Waals surface area contributed by atoms with Gasteiger partial charge in [0.1, 0.15) is 0 Å². The Kier molecular flexibility index (Phi) is 4.81. The third kappa shape index (κ3) is 3.13. The van der Waals surface area contributed by atoms with Gasteiger partial charge in [0.15, 0.2) is 11.5 Å². The van der Waals surface area contributed by atoms with Gasteiger partial charge in [0.2, 0.25) is 5.91 Å². The van der Waals surface area contributed by atoms with Crippen LogP contribution in [0.5, 0.6) is 11.5 Å². The number of benzene rings is 2. The molecule has 1 aliphatic rings. The van der Waals surface area contributed by atoms with Crippen molar-refractivity contribution in [2.75, 3.05) is 19.0 Å². The van der Waals surface area contributed by atoms with Crippen molar-refractivity contribution < 1.29 is 14.3 Å². The van der Waals surface area contributed by atoms with Gasteiger partial charge < -0.3 is 14.8 Å². The third-order valence-electron chi connectivity index (χ3n) is 4.21. The second kappa shape index (κ2) is 6.85. The Morgan fingerprint density at radius 2 is 2.00 bits per heavy atom. The summed E-state index contributed by atoms with van der Waals surface area (Å²) in [6, 6.07) is 9.91. The van der Waals surface area contributed by atoms with Crippen LogP contribution in [-0.4, -0.2) is 19.6 Å². The van der Waals surface area contributed by atoms with Gasteiger partial charge in [-0.1, -0.05) is 33.6 Å². The molecular formula is C19H20BrNO3. The average Bonchev–Trinajstić information content (AvgIpc) is 2.86. The quantitative estimate of drug-likeness (QED) is 0.821. The van der Waals surface area contributed by atoms with Gasteiger partial charge in [-0.05, 0) is 49.6 Å². The number of anilines is 1. The number of halogens is 1. The van der Waals surface area contributed by atoms with Crippen molar-refractivity contribution in [2.45, 2.75) is 26.2 Å². The lowest BCUT2D eigenvalue weighted by atomic mass is 9.92. The van der Waals surface area contributed by atoms with Gasteiger partial charge in [-0.15, -0.1) is 0 Å². The fourth-order valence-electron chi connectivity index (χ4n) is 3.03. The summed E-state index contributed by atoms with van der Waals surface area (Å²) >= 11 is 3.59. The van der Waals surface area contributed by atoms with E-state index >= 15 is 0 Å². The molecule has 1 heterocycles. The summed E-state index contributed by atoms with van der Waals surface area (Å²) in [5.74, 6) is 1.22. The molecule has 1 aliphatic heterocycles. The van der Waals surface area contributed by atoms with E-state index in [1.807, 2.05) is 38.1 Å². The Balaban J connectivity index is 1.96. The highest BCUT2D eigenvalue weighted by Crippen LogP contribution is 2.39. The Bertz CT molecular complexity index is 788. The zero-order valence-corrected chi connectivity index (χ0v) is 15.6. The van der Waals surface area contributed by atoms with Gasteiger partial charge >= 0.3 is 0 Å². The van der Waals surface area contributed by atoms with Crippen molar-refractivity contribution in [3.63, 3.8) is 0 Å². The van der Waals surface area contributed by atoms with Crippen LogP contribution >= 0.6 is 15.9 Å². The molecule has 1 N–H and O–H groups in total. The van der Waals surface area contributed by atoms with Crippen molar-refractivity contribution >= 4 is 27.5 Å². The minimum atomic E-state index is -0.195. The van der Waals surface area contributed by atoms with Crippen LogP contribution in [0.1, 0.15) is 29.5 Å². The monoisotopic (exact) mass is 389 g/mol. The fraction of sp³-hybridized carbons (Fsp3) is 0.316. The largest absolute Gasteiger partial charge is 0.493 e. The number of hydrogen-bond acceptors (Lipinski definition) is 3. The predicted molar refractivity (Wildman–Crippen MR) is 98.1 cm³/mol. The first-order valence-corrected chi connectivity index (χ1v) is 8.73. The number of nitrogens with one attached hydrogen (secondary N) is 1. The van der Waals surface area contributed by atoms with E-state index in [-0.39, 0.29) is 11.8 Å². The molecule has 0 bridgehead atoms. The number of fused-ring (bicyclic) bond motifs is 1. The second-order valence-corrected chi connectivity index (χ2v) is 6.72. The Morgan fingerprint density at radius 3 is 2.71 bits per heavy atom. The predicted octanol–water partition coefficient (Wildman–Crippen LogP) is 4.44. The normalized spacial score (nSPS) is 15.8. The van der Waals surface area contributed by atoms with E-state index in [1.54, 1.807) is 7.11 Å². The van der Waals surface area contributed by atoms with E-state index in [0.29, 0.717) is 24.5 Å². The molecule has 0 aliphatic carbocycles. The molecule has 5 heteroatoms. The van der Waals surface area contributed by atoms with Gasteiger partial charge in [-0.3, -0.25) is 4.79 Å². The highest BCUT2D eigenvalue weighted by molar-refractivity contribution is 9.10. The zero-order valence-electron chi connectivity index (χ0n) is 14.0. The second-order valence-electron chi connectivity index (χ2n) is 5.86. The molecule has 126 valence electrons. The molecule has 0 radical (unpaired) electrons. The van der Waals surface area contributed by atoms with Crippen molar-refractivity contribution in [1.29, 1.82) is 0 Å². The molecule has 3 rings (SSSR count). The number of carbonyl (C=O) groups excluding carboxylic acids is 1. The number of aryl methyl sites for hydroxylation is 1. The molecule has 24 heavy (non-hydrogen) atoms. The molecular weight excluding hydrogens is 370 g/mol. The first kappa shape index (κ1) is 16.8. The fourth-order valence-corrected chi connectivity index (χ4v) is 3.51. The van der Waals surface area contributed by atoms with Gasteiger partial charge in [0, 0.05) is 10.2 Å². The number of amides is 1. The topological polar surface area (TPSA) is 47.6 Å². The zero-order chi connectivity index (χ0) is 17.3. The first-order chi connectivity index (χ1) is 11.5. The smallest absolute Gasteiger partial charge is 0.232 e. The maximum absolute atomic E-state index is 12.4. The number of rotatable bonds is 5. The molecule has 0 aromatic heterocycles. The third-order valence-corrected chi connectivity index (χ3v) is 4.95. The van der Waals surface area contributed by atoms with E-state index in [1.165, 1.54) is 0 Å². The first-order valence-electron chi connectivity index (χ1n) is 7.94. The molecule has 0 saturated carbocycles. The Labute approximate surface area is 150 Å². The van der Waals surface area contributed by atoms with Crippen LogP contribution in [0.2, 0.25) is 0 Å². The SMILES string of the molecule is CCOc1cc(CC2C(=O)Nc3ccc(C)cc32)c(Br)cc1OC. The summed E-state index contributed by atoms with van der Waals surface area (Å²) in [4.78, 5) is 12.4. The van der Waals surface area contributed by atoms with Crippen molar-refractivity contribution in [3.05, 3.63) is 51.5 Å². The van der Waals surface area contributed by atoms with E-state index in [9.17, 15) is 4.79 Å². The van der Waals surface area contributed by atoms with Crippen LogP contribution in [0.15, 0.2) is 34.8 Å². The molecule has 1 unspecified atom stereocenters. The van der Waals surface area contributed by atoms with Crippen molar-refractivity contribution in [3.8, 4) is 11.5 Å². The summed E-state index contributed by atoms with van der Waals surface area (Å²) in [7, 11) is 1.62. The number of ether oxygens (including phenoxy) is 2. The Hall–Kier alpha value is -2.01. The average molecular weight is 390 g/mol. The highest BCUT2D eigenvalue weighted by atomic mass is 79.9. The van der Waals surface area contributed by atoms with E-state index < -0.39 is 0 Å². The minimum Gasteiger partial charge on any atom is -0.493 e. The number of hydrogen-bond donors (Lipinski definition) is 1. The van der Waals surface area contributed by atoms with Crippen LogP contribution < -0.4 is 14.8 Å². The molecule has 4 nitrogen and oxygen atoms in total. The molecule has 0 spiro atoms. The van der Waals surface area contributed by atoms with Gasteiger partial charge in [-0.25, -0.2) is 0 Å². The molecule has 2 aromatic carbocycles. The lowest BCUT2D eigenvalue weighted by Crippen LogP contribution is -2.14. The summed E-state index contributed by atoms with van der Waals surface area (Å²) in [5, 5.41) is 2.97. The summed E-state index contributed by atoms with van der Waals surface area (Å²) in [6.45, 7) is 4.53. The van der Waals surface area contributed by atoms with E-state index in [0.717, 1.165) is 26.9 Å². The maximum Gasteiger partial charge on any atom is 0.232 e. The maximum atomic E-state index is 12.4. The lowest BCUT2D eigenvalue weighted by molar-refractivity contribution is -0.117. The summed E-state index contributed by atoms with van der Waals surface area (Å²) in [5.41, 5.74) is 4.14. The standard InChI is InChI=1S/C19H20BrNO3/c1-4-24-18-9-12(15(20)10-17(18)23-3)8-14-13-7-11(2)5-6-16(13)21-19(14)22/h5-7,9-10,14H,4,8H2,1-3H3,(H,21,22). The van der Waals surface area contributed by atoms with Crippen LogP contribution in [0.25, 0.3) is 0 Å².